The Bertz CT molecular complexity index is 548. The monoisotopic (exact) mass is 269 g/mol. The van der Waals surface area contributed by atoms with Gasteiger partial charge in [-0.3, -0.25) is 0 Å². The van der Waals surface area contributed by atoms with Gasteiger partial charge in [0.05, 0.1) is 11.9 Å². The average molecular weight is 269 g/mol. The van der Waals surface area contributed by atoms with E-state index in [4.69, 9.17) is 0 Å². The Morgan fingerprint density at radius 3 is 2.70 bits per heavy atom. The predicted molar refractivity (Wildman–Crippen MR) is 82.8 cm³/mol. The van der Waals surface area contributed by atoms with Gasteiger partial charge in [-0.1, -0.05) is 38.1 Å². The third-order valence-electron chi connectivity index (χ3n) is 4.16. The van der Waals surface area contributed by atoms with E-state index in [-0.39, 0.29) is 0 Å². The zero-order chi connectivity index (χ0) is 13.9. The first kappa shape index (κ1) is 13.4. The number of hydrogen-bond donors (Lipinski definition) is 2. The zero-order valence-corrected chi connectivity index (χ0v) is 12.3. The van der Waals surface area contributed by atoms with Crippen LogP contribution in [0.1, 0.15) is 37.6 Å². The van der Waals surface area contributed by atoms with Crippen LogP contribution in [0.5, 0.6) is 0 Å². The fraction of sp³-hybridized carbons (Fsp3) is 0.471. The summed E-state index contributed by atoms with van der Waals surface area (Å²) in [7, 11) is 0. The highest BCUT2D eigenvalue weighted by atomic mass is 14.9. The minimum atomic E-state index is 0.580. The second-order valence-corrected chi connectivity index (χ2v) is 6.08. The highest BCUT2D eigenvalue weighted by Crippen LogP contribution is 2.22. The molecule has 0 saturated carbocycles. The Morgan fingerprint density at radius 1 is 1.25 bits per heavy atom. The summed E-state index contributed by atoms with van der Waals surface area (Å²) in [4.78, 5) is 8.00. The smallest absolute Gasteiger partial charge is 0.106 e. The van der Waals surface area contributed by atoms with E-state index in [0.29, 0.717) is 5.92 Å². The minimum Gasteiger partial charge on any atom is -0.342 e. The number of hydrogen-bond acceptors (Lipinski definition) is 2. The van der Waals surface area contributed by atoms with Crippen LogP contribution in [-0.4, -0.2) is 23.1 Å². The summed E-state index contributed by atoms with van der Waals surface area (Å²) < 4.78 is 0. The third kappa shape index (κ3) is 2.93. The summed E-state index contributed by atoms with van der Waals surface area (Å²) in [6.45, 7) is 6.71. The molecule has 0 radical (unpaired) electrons. The van der Waals surface area contributed by atoms with E-state index in [1.165, 1.54) is 17.5 Å². The van der Waals surface area contributed by atoms with Gasteiger partial charge in [-0.05, 0) is 42.5 Å². The lowest BCUT2D eigenvalue weighted by molar-refractivity contribution is 0.565. The topological polar surface area (TPSA) is 40.7 Å². The molecule has 1 unspecified atom stereocenters. The second kappa shape index (κ2) is 5.80. The molecule has 1 aliphatic heterocycles. The summed E-state index contributed by atoms with van der Waals surface area (Å²) >= 11 is 0. The van der Waals surface area contributed by atoms with E-state index in [9.17, 15) is 0 Å². The molecule has 3 nitrogen and oxygen atoms in total. The molecule has 1 aliphatic rings. The molecule has 2 heterocycles. The van der Waals surface area contributed by atoms with Gasteiger partial charge in [0.1, 0.15) is 5.82 Å². The molecule has 0 amide bonds. The largest absolute Gasteiger partial charge is 0.342 e. The molecule has 0 spiro atoms. The number of imidazole rings is 1. The molecular weight excluding hydrogens is 246 g/mol. The van der Waals surface area contributed by atoms with Crippen molar-refractivity contribution < 1.29 is 0 Å². The van der Waals surface area contributed by atoms with Gasteiger partial charge in [0, 0.05) is 6.42 Å². The maximum absolute atomic E-state index is 4.53. The van der Waals surface area contributed by atoms with E-state index in [1.807, 2.05) is 6.20 Å². The van der Waals surface area contributed by atoms with Crippen molar-refractivity contribution in [1.29, 1.82) is 0 Å². The van der Waals surface area contributed by atoms with Crippen molar-refractivity contribution in [1.82, 2.24) is 15.3 Å². The van der Waals surface area contributed by atoms with Crippen LogP contribution in [0.2, 0.25) is 0 Å². The molecule has 1 atom stereocenters. The van der Waals surface area contributed by atoms with Gasteiger partial charge in [-0.2, -0.15) is 0 Å². The lowest BCUT2D eigenvalue weighted by atomic mass is 10.0. The van der Waals surface area contributed by atoms with Crippen LogP contribution in [0.3, 0.4) is 0 Å². The van der Waals surface area contributed by atoms with Crippen LogP contribution in [0.15, 0.2) is 30.5 Å². The Hall–Kier alpha value is -1.61. The predicted octanol–water partition coefficient (Wildman–Crippen LogP) is 3.35. The van der Waals surface area contributed by atoms with Gasteiger partial charge in [-0.15, -0.1) is 0 Å². The number of nitrogens with zero attached hydrogens (tertiary/aromatic N) is 1. The number of H-pyrrole nitrogens is 1. The zero-order valence-electron chi connectivity index (χ0n) is 12.3. The van der Waals surface area contributed by atoms with Gasteiger partial charge in [0.15, 0.2) is 0 Å². The highest BCUT2D eigenvalue weighted by Gasteiger charge is 2.16. The molecule has 1 saturated heterocycles. The summed E-state index contributed by atoms with van der Waals surface area (Å²) in [5.74, 6) is 2.43. The molecule has 3 rings (SSSR count). The first-order chi connectivity index (χ1) is 9.72. The molecule has 3 heteroatoms. The molecule has 20 heavy (non-hydrogen) atoms. The normalized spacial score (nSPS) is 18.9. The van der Waals surface area contributed by atoms with Crippen molar-refractivity contribution in [2.75, 3.05) is 13.1 Å². The van der Waals surface area contributed by atoms with Crippen LogP contribution >= 0.6 is 0 Å². The third-order valence-corrected chi connectivity index (χ3v) is 4.16. The number of aromatic nitrogens is 2. The number of nitrogens with one attached hydrogen (secondary N) is 2. The second-order valence-electron chi connectivity index (χ2n) is 6.08. The van der Waals surface area contributed by atoms with Gasteiger partial charge in [0.2, 0.25) is 0 Å². The lowest BCUT2D eigenvalue weighted by Crippen LogP contribution is -2.11. The Kier molecular flexibility index (Phi) is 3.88. The van der Waals surface area contributed by atoms with Crippen LogP contribution in [0.25, 0.3) is 11.3 Å². The van der Waals surface area contributed by atoms with Gasteiger partial charge < -0.3 is 10.3 Å². The molecule has 0 aliphatic carbocycles. The molecule has 1 aromatic carbocycles. The summed E-state index contributed by atoms with van der Waals surface area (Å²) in [6, 6.07) is 8.79. The van der Waals surface area contributed by atoms with E-state index in [1.54, 1.807) is 0 Å². The molecule has 2 aromatic rings. The fourth-order valence-electron chi connectivity index (χ4n) is 2.82. The quantitative estimate of drug-likeness (QED) is 0.893. The maximum atomic E-state index is 4.53. The molecule has 0 bridgehead atoms. The first-order valence-electron chi connectivity index (χ1n) is 7.57. The van der Waals surface area contributed by atoms with Crippen LogP contribution in [-0.2, 0) is 6.42 Å². The van der Waals surface area contributed by atoms with Crippen molar-refractivity contribution >= 4 is 0 Å². The average Bonchev–Trinajstić information content (AvgIpc) is 3.11. The Morgan fingerprint density at radius 2 is 2.05 bits per heavy atom. The molecule has 1 fully saturated rings. The Labute approximate surface area is 120 Å². The lowest BCUT2D eigenvalue weighted by Gasteiger charge is -2.06. The van der Waals surface area contributed by atoms with E-state index in [2.05, 4.69) is 53.4 Å². The molecule has 1 aromatic heterocycles. The molecular formula is C17H23N3. The highest BCUT2D eigenvalue weighted by molar-refractivity contribution is 5.59. The first-order valence-corrected chi connectivity index (χ1v) is 7.57. The van der Waals surface area contributed by atoms with Crippen molar-refractivity contribution in [3.05, 3.63) is 41.9 Å². The SMILES string of the molecule is CC(C)c1ccc(-c2cnc(CC3CCNC3)[nH]2)cc1. The van der Waals surface area contributed by atoms with Crippen molar-refractivity contribution in [3.8, 4) is 11.3 Å². The van der Waals surface area contributed by atoms with Crippen molar-refractivity contribution in [2.24, 2.45) is 5.92 Å². The van der Waals surface area contributed by atoms with E-state index < -0.39 is 0 Å². The number of rotatable bonds is 4. The van der Waals surface area contributed by atoms with Gasteiger partial charge >= 0.3 is 0 Å². The van der Waals surface area contributed by atoms with Crippen LogP contribution in [0.4, 0.5) is 0 Å². The fourth-order valence-corrected chi connectivity index (χ4v) is 2.82. The minimum absolute atomic E-state index is 0.580. The van der Waals surface area contributed by atoms with Crippen molar-refractivity contribution in [3.63, 3.8) is 0 Å². The Balaban J connectivity index is 1.72. The standard InChI is InChI=1S/C17H23N3/c1-12(2)14-3-5-15(6-4-14)16-11-19-17(20-16)9-13-7-8-18-10-13/h3-6,11-13,18H,7-10H2,1-2H3,(H,19,20). The number of benzene rings is 1. The van der Waals surface area contributed by atoms with E-state index >= 15 is 0 Å². The molecule has 106 valence electrons. The maximum Gasteiger partial charge on any atom is 0.106 e. The van der Waals surface area contributed by atoms with Crippen molar-refractivity contribution in [2.45, 2.75) is 32.6 Å². The van der Waals surface area contributed by atoms with Crippen LogP contribution in [0, 0.1) is 5.92 Å². The van der Waals surface area contributed by atoms with E-state index in [0.717, 1.165) is 36.9 Å². The van der Waals surface area contributed by atoms with Gasteiger partial charge in [-0.25, -0.2) is 4.98 Å². The van der Waals surface area contributed by atoms with Gasteiger partial charge in [0.25, 0.3) is 0 Å². The summed E-state index contributed by atoms with van der Waals surface area (Å²) in [5, 5.41) is 3.41. The van der Waals surface area contributed by atoms with Crippen LogP contribution < -0.4 is 5.32 Å². The summed E-state index contributed by atoms with van der Waals surface area (Å²) in [5.41, 5.74) is 3.73. The molecule has 2 N–H and O–H groups in total. The summed E-state index contributed by atoms with van der Waals surface area (Å²) in [6.07, 6.45) is 4.28. The number of aromatic amines is 1.